The van der Waals surface area contributed by atoms with Crippen LogP contribution in [-0.2, 0) is 6.42 Å². The molecular weight excluding hydrogens is 312 g/mol. The Balaban J connectivity index is 1.98. The minimum Gasteiger partial charge on any atom is -0.342 e. The number of hydrogen-bond donors (Lipinski definition) is 1. The zero-order valence-corrected chi connectivity index (χ0v) is 11.8. The third kappa shape index (κ3) is 2.28. The summed E-state index contributed by atoms with van der Waals surface area (Å²) >= 11 is 9.60. The van der Waals surface area contributed by atoms with Gasteiger partial charge in [0.1, 0.15) is 5.82 Å². The van der Waals surface area contributed by atoms with Crippen molar-refractivity contribution < 1.29 is 0 Å². The van der Waals surface area contributed by atoms with Gasteiger partial charge in [-0.05, 0) is 29.8 Å². The summed E-state index contributed by atoms with van der Waals surface area (Å²) in [7, 11) is 0. The highest BCUT2D eigenvalue weighted by Crippen LogP contribution is 2.21. The predicted octanol–water partition coefficient (Wildman–Crippen LogP) is 4.57. The second kappa shape index (κ2) is 4.75. The fourth-order valence-corrected chi connectivity index (χ4v) is 2.50. The quantitative estimate of drug-likeness (QED) is 0.736. The van der Waals surface area contributed by atoms with E-state index in [2.05, 4.69) is 25.9 Å². The summed E-state index contributed by atoms with van der Waals surface area (Å²) in [5, 5.41) is 0.777. The van der Waals surface area contributed by atoms with E-state index in [0.29, 0.717) is 6.42 Å². The summed E-state index contributed by atoms with van der Waals surface area (Å²) in [6.07, 6.45) is 0.714. The van der Waals surface area contributed by atoms with Crippen LogP contribution < -0.4 is 0 Å². The van der Waals surface area contributed by atoms with Gasteiger partial charge in [-0.15, -0.1) is 0 Å². The molecule has 1 N–H and O–H groups in total. The van der Waals surface area contributed by atoms with Crippen molar-refractivity contribution in [3.63, 3.8) is 0 Å². The van der Waals surface area contributed by atoms with Crippen LogP contribution >= 0.6 is 27.5 Å². The first-order valence-electron chi connectivity index (χ1n) is 5.60. The van der Waals surface area contributed by atoms with Gasteiger partial charge in [0.25, 0.3) is 0 Å². The monoisotopic (exact) mass is 320 g/mol. The standard InChI is InChI=1S/C14H10BrClN2/c15-10-5-6-12-13(8-10)18-14(17-12)7-9-3-1-2-4-11(9)16/h1-6,8H,7H2,(H,17,18). The molecule has 0 saturated heterocycles. The molecule has 18 heavy (non-hydrogen) atoms. The lowest BCUT2D eigenvalue weighted by Gasteiger charge is -2.00. The van der Waals surface area contributed by atoms with Gasteiger partial charge in [0.2, 0.25) is 0 Å². The highest BCUT2D eigenvalue weighted by atomic mass is 79.9. The van der Waals surface area contributed by atoms with E-state index in [0.717, 1.165) is 31.9 Å². The van der Waals surface area contributed by atoms with E-state index in [1.165, 1.54) is 0 Å². The highest BCUT2D eigenvalue weighted by molar-refractivity contribution is 9.10. The van der Waals surface area contributed by atoms with Crippen LogP contribution in [-0.4, -0.2) is 9.97 Å². The lowest BCUT2D eigenvalue weighted by molar-refractivity contribution is 1.04. The zero-order chi connectivity index (χ0) is 12.5. The topological polar surface area (TPSA) is 28.7 Å². The second-order valence-electron chi connectivity index (χ2n) is 4.11. The number of fused-ring (bicyclic) bond motifs is 1. The number of rotatable bonds is 2. The molecule has 2 aromatic carbocycles. The molecule has 0 aliphatic heterocycles. The van der Waals surface area contributed by atoms with Crippen molar-refractivity contribution in [1.82, 2.24) is 9.97 Å². The fourth-order valence-electron chi connectivity index (χ4n) is 1.94. The van der Waals surface area contributed by atoms with Crippen LogP contribution in [0.3, 0.4) is 0 Å². The third-order valence-corrected chi connectivity index (χ3v) is 3.67. The minimum absolute atomic E-state index is 0.714. The van der Waals surface area contributed by atoms with E-state index in [4.69, 9.17) is 11.6 Å². The van der Waals surface area contributed by atoms with Crippen molar-refractivity contribution in [3.05, 3.63) is 63.3 Å². The first-order valence-corrected chi connectivity index (χ1v) is 6.77. The number of nitrogens with one attached hydrogen (secondary N) is 1. The molecule has 3 rings (SSSR count). The van der Waals surface area contributed by atoms with Crippen LogP contribution in [0.1, 0.15) is 11.4 Å². The molecule has 0 amide bonds. The molecule has 0 aliphatic rings. The van der Waals surface area contributed by atoms with Crippen molar-refractivity contribution >= 4 is 38.6 Å². The number of benzene rings is 2. The van der Waals surface area contributed by atoms with E-state index in [-0.39, 0.29) is 0 Å². The van der Waals surface area contributed by atoms with Gasteiger partial charge < -0.3 is 4.98 Å². The Hall–Kier alpha value is -1.32. The zero-order valence-electron chi connectivity index (χ0n) is 9.45. The molecule has 1 aromatic heterocycles. The number of halogens is 2. The Morgan fingerprint density at radius 1 is 1.17 bits per heavy atom. The summed E-state index contributed by atoms with van der Waals surface area (Å²) in [5.74, 6) is 0.927. The van der Waals surface area contributed by atoms with E-state index in [1.54, 1.807) is 0 Å². The molecule has 2 nitrogen and oxygen atoms in total. The maximum Gasteiger partial charge on any atom is 0.111 e. The van der Waals surface area contributed by atoms with Crippen molar-refractivity contribution in [2.45, 2.75) is 6.42 Å². The Kier molecular flexibility index (Phi) is 3.10. The van der Waals surface area contributed by atoms with E-state index in [9.17, 15) is 0 Å². The number of nitrogens with zero attached hydrogens (tertiary/aromatic N) is 1. The molecule has 0 spiro atoms. The molecule has 0 aliphatic carbocycles. The van der Waals surface area contributed by atoms with E-state index < -0.39 is 0 Å². The van der Waals surface area contributed by atoms with Crippen LogP contribution in [0.5, 0.6) is 0 Å². The van der Waals surface area contributed by atoms with Crippen LogP contribution in [0.2, 0.25) is 5.02 Å². The van der Waals surface area contributed by atoms with Gasteiger partial charge in [0.05, 0.1) is 11.0 Å². The maximum atomic E-state index is 6.15. The Morgan fingerprint density at radius 2 is 2.00 bits per heavy atom. The number of hydrogen-bond acceptors (Lipinski definition) is 1. The molecular formula is C14H10BrClN2. The normalized spacial score (nSPS) is 11.0. The third-order valence-electron chi connectivity index (χ3n) is 2.81. The van der Waals surface area contributed by atoms with Gasteiger partial charge in [-0.3, -0.25) is 0 Å². The van der Waals surface area contributed by atoms with Crippen molar-refractivity contribution in [2.24, 2.45) is 0 Å². The maximum absolute atomic E-state index is 6.15. The van der Waals surface area contributed by atoms with Gasteiger partial charge in [0, 0.05) is 15.9 Å². The summed E-state index contributed by atoms with van der Waals surface area (Å²) in [6.45, 7) is 0. The molecule has 0 atom stereocenters. The van der Waals surface area contributed by atoms with Crippen LogP contribution in [0.25, 0.3) is 11.0 Å². The fraction of sp³-hybridized carbons (Fsp3) is 0.0714. The molecule has 1 heterocycles. The Labute approximate surface area is 118 Å². The summed E-state index contributed by atoms with van der Waals surface area (Å²) in [5.41, 5.74) is 3.09. The number of aromatic amines is 1. The van der Waals surface area contributed by atoms with Crippen LogP contribution in [0.4, 0.5) is 0 Å². The predicted molar refractivity (Wildman–Crippen MR) is 78.1 cm³/mol. The van der Waals surface area contributed by atoms with Gasteiger partial charge in [-0.2, -0.15) is 0 Å². The molecule has 3 aromatic rings. The summed E-state index contributed by atoms with van der Waals surface area (Å²) in [6, 6.07) is 13.8. The lowest BCUT2D eigenvalue weighted by atomic mass is 10.1. The summed E-state index contributed by atoms with van der Waals surface area (Å²) < 4.78 is 1.04. The average Bonchev–Trinajstić information content (AvgIpc) is 2.73. The van der Waals surface area contributed by atoms with Crippen molar-refractivity contribution in [1.29, 1.82) is 0 Å². The van der Waals surface area contributed by atoms with Crippen molar-refractivity contribution in [2.75, 3.05) is 0 Å². The Bertz CT molecular complexity index is 706. The average molecular weight is 322 g/mol. The van der Waals surface area contributed by atoms with Gasteiger partial charge in [-0.25, -0.2) is 4.98 Å². The minimum atomic E-state index is 0.714. The number of aromatic nitrogens is 2. The molecule has 0 radical (unpaired) electrons. The summed E-state index contributed by atoms with van der Waals surface area (Å²) in [4.78, 5) is 7.87. The van der Waals surface area contributed by atoms with E-state index >= 15 is 0 Å². The Morgan fingerprint density at radius 3 is 2.83 bits per heavy atom. The van der Waals surface area contributed by atoms with Crippen LogP contribution in [0.15, 0.2) is 46.9 Å². The molecule has 90 valence electrons. The largest absolute Gasteiger partial charge is 0.342 e. The smallest absolute Gasteiger partial charge is 0.111 e. The molecule has 0 fully saturated rings. The highest BCUT2D eigenvalue weighted by Gasteiger charge is 2.06. The molecule has 0 bridgehead atoms. The molecule has 0 unspecified atom stereocenters. The molecule has 0 saturated carbocycles. The first-order chi connectivity index (χ1) is 8.72. The first kappa shape index (κ1) is 11.8. The van der Waals surface area contributed by atoms with E-state index in [1.807, 2.05) is 42.5 Å². The molecule has 4 heteroatoms. The lowest BCUT2D eigenvalue weighted by Crippen LogP contribution is -1.91. The van der Waals surface area contributed by atoms with Gasteiger partial charge in [0.15, 0.2) is 0 Å². The van der Waals surface area contributed by atoms with Crippen LogP contribution in [0, 0.1) is 0 Å². The van der Waals surface area contributed by atoms with Gasteiger partial charge >= 0.3 is 0 Å². The van der Waals surface area contributed by atoms with Gasteiger partial charge in [-0.1, -0.05) is 45.7 Å². The second-order valence-corrected chi connectivity index (χ2v) is 5.44. The van der Waals surface area contributed by atoms with Crippen molar-refractivity contribution in [3.8, 4) is 0 Å². The number of imidazole rings is 1. The SMILES string of the molecule is Clc1ccccc1Cc1nc2ccc(Br)cc2[nH]1. The number of H-pyrrole nitrogens is 1.